The molecule has 7 N–H and O–H groups in total. The average molecular weight is 1060 g/mol. The van der Waals surface area contributed by atoms with Gasteiger partial charge in [0.1, 0.15) is 54.9 Å². The minimum Gasteiger partial charge on any atom is -0.457 e. The highest BCUT2D eigenvalue weighted by Crippen LogP contribution is 2.26. The third kappa shape index (κ3) is 34.1. The second-order valence-corrected chi connectivity index (χ2v) is 20.4. The van der Waals surface area contributed by atoms with E-state index in [1.807, 2.05) is 0 Å². The summed E-state index contributed by atoms with van der Waals surface area (Å²) in [6.45, 7) is 3.51. The number of hydrogen-bond donors (Lipinski definition) is 7. The number of aliphatic hydroxyl groups excluding tert-OH is 7. The molecule has 0 bridgehead atoms. The van der Waals surface area contributed by atoms with Gasteiger partial charge in [-0.05, 0) is 83.5 Å². The van der Waals surface area contributed by atoms with Crippen molar-refractivity contribution in [3.8, 4) is 0 Å². The van der Waals surface area contributed by atoms with Crippen molar-refractivity contribution in [3.63, 3.8) is 0 Å². The Balaban J connectivity index is 1.69. The Bertz CT molecular complexity index is 1510. The molecule has 11 atom stereocenters. The van der Waals surface area contributed by atoms with E-state index < -0.39 is 86.7 Å². The lowest BCUT2D eigenvalue weighted by Gasteiger charge is -2.42. The van der Waals surface area contributed by atoms with E-state index in [0.717, 1.165) is 64.2 Å². The van der Waals surface area contributed by atoms with Gasteiger partial charge in [0.2, 0.25) is 0 Å². The third-order valence-corrected chi connectivity index (χ3v) is 13.7. The number of aliphatic hydroxyl groups is 7. The van der Waals surface area contributed by atoms with Gasteiger partial charge in [0.15, 0.2) is 12.6 Å². The molecular formula is C61H106O14. The molecule has 0 amide bonds. The molecule has 0 aromatic rings. The lowest BCUT2D eigenvalue weighted by Crippen LogP contribution is -2.61. The van der Waals surface area contributed by atoms with Crippen molar-refractivity contribution < 1.29 is 69.0 Å². The summed E-state index contributed by atoms with van der Waals surface area (Å²) in [5, 5.41) is 72.3. The van der Waals surface area contributed by atoms with Crippen LogP contribution in [0.1, 0.15) is 206 Å². The fourth-order valence-corrected chi connectivity index (χ4v) is 8.95. The van der Waals surface area contributed by atoms with Crippen LogP contribution in [0.5, 0.6) is 0 Å². The molecule has 2 heterocycles. The van der Waals surface area contributed by atoms with E-state index in [9.17, 15) is 40.5 Å². The maximum Gasteiger partial charge on any atom is 0.306 e. The van der Waals surface area contributed by atoms with Gasteiger partial charge in [-0.25, -0.2) is 0 Å². The first-order valence-electron chi connectivity index (χ1n) is 29.5. The minimum atomic E-state index is -1.72. The Morgan fingerprint density at radius 3 is 1.36 bits per heavy atom. The largest absolute Gasteiger partial charge is 0.457 e. The molecule has 2 aliphatic rings. The third-order valence-electron chi connectivity index (χ3n) is 13.7. The van der Waals surface area contributed by atoms with Gasteiger partial charge in [0.05, 0.1) is 26.4 Å². The highest BCUT2D eigenvalue weighted by atomic mass is 16.7. The highest BCUT2D eigenvalue weighted by molar-refractivity contribution is 5.69. The maximum absolute atomic E-state index is 13.0. The Hall–Kier alpha value is -2.57. The number of hydrogen-bond acceptors (Lipinski definition) is 14. The van der Waals surface area contributed by atoms with Gasteiger partial charge in [-0.15, -0.1) is 0 Å². The van der Waals surface area contributed by atoms with E-state index in [-0.39, 0.29) is 19.6 Å². The van der Waals surface area contributed by atoms with Gasteiger partial charge >= 0.3 is 5.97 Å². The molecule has 75 heavy (non-hydrogen) atoms. The van der Waals surface area contributed by atoms with Gasteiger partial charge < -0.3 is 64.2 Å². The summed E-state index contributed by atoms with van der Waals surface area (Å²) in [6, 6.07) is 0. The summed E-state index contributed by atoms with van der Waals surface area (Å²) < 4.78 is 34.3. The van der Waals surface area contributed by atoms with Gasteiger partial charge in [0, 0.05) is 13.0 Å². The monoisotopic (exact) mass is 1060 g/mol. The molecule has 14 heteroatoms. The van der Waals surface area contributed by atoms with Crippen LogP contribution >= 0.6 is 0 Å². The Kier molecular flexibility index (Phi) is 43.3. The van der Waals surface area contributed by atoms with Crippen LogP contribution in [0.3, 0.4) is 0 Å². The van der Waals surface area contributed by atoms with Crippen molar-refractivity contribution in [2.24, 2.45) is 0 Å². The van der Waals surface area contributed by atoms with E-state index in [2.05, 4.69) is 86.8 Å². The van der Waals surface area contributed by atoms with Crippen molar-refractivity contribution >= 4 is 5.97 Å². The fraction of sp³-hybridized carbons (Fsp3) is 0.787. The summed E-state index contributed by atoms with van der Waals surface area (Å²) >= 11 is 0. The van der Waals surface area contributed by atoms with E-state index in [1.54, 1.807) is 0 Å². The predicted octanol–water partition coefficient (Wildman–Crippen LogP) is 10.6. The van der Waals surface area contributed by atoms with E-state index in [0.29, 0.717) is 13.0 Å². The second-order valence-electron chi connectivity index (χ2n) is 20.4. The molecule has 2 saturated heterocycles. The Labute approximate surface area is 453 Å². The van der Waals surface area contributed by atoms with Crippen LogP contribution in [0.4, 0.5) is 0 Å². The maximum atomic E-state index is 13.0. The van der Waals surface area contributed by atoms with Gasteiger partial charge in [-0.1, -0.05) is 189 Å². The molecular weight excluding hydrogens is 957 g/mol. The van der Waals surface area contributed by atoms with Crippen molar-refractivity contribution in [3.05, 3.63) is 72.9 Å². The van der Waals surface area contributed by atoms with Crippen LogP contribution in [0.2, 0.25) is 0 Å². The summed E-state index contributed by atoms with van der Waals surface area (Å²) in [5.41, 5.74) is 0. The van der Waals surface area contributed by atoms with E-state index in [1.165, 1.54) is 116 Å². The molecule has 11 unspecified atom stereocenters. The van der Waals surface area contributed by atoms with Gasteiger partial charge in [-0.2, -0.15) is 0 Å². The average Bonchev–Trinajstić information content (AvgIpc) is 3.41. The topological polar surface area (TPSA) is 214 Å². The first-order valence-corrected chi connectivity index (χ1v) is 29.5. The molecule has 0 aliphatic carbocycles. The lowest BCUT2D eigenvalue weighted by atomic mass is 9.98. The number of carbonyl (C=O) groups excluding carboxylic acids is 1. The molecule has 0 radical (unpaired) electrons. The molecule has 2 fully saturated rings. The molecule has 2 aliphatic heterocycles. The van der Waals surface area contributed by atoms with Crippen LogP contribution in [0.25, 0.3) is 0 Å². The van der Waals surface area contributed by atoms with Gasteiger partial charge in [-0.3, -0.25) is 4.79 Å². The van der Waals surface area contributed by atoms with E-state index in [4.69, 9.17) is 28.4 Å². The quantitative estimate of drug-likeness (QED) is 0.0172. The van der Waals surface area contributed by atoms with Crippen LogP contribution in [0.15, 0.2) is 72.9 Å². The van der Waals surface area contributed by atoms with Crippen molar-refractivity contribution in [2.45, 2.75) is 274 Å². The van der Waals surface area contributed by atoms with Crippen LogP contribution in [-0.4, -0.2) is 142 Å². The normalized spacial score (nSPS) is 25.1. The summed E-state index contributed by atoms with van der Waals surface area (Å²) in [5.74, 6) is -0.417. The Morgan fingerprint density at radius 2 is 0.867 bits per heavy atom. The van der Waals surface area contributed by atoms with Crippen molar-refractivity contribution in [1.82, 2.24) is 0 Å². The minimum absolute atomic E-state index is 0.0418. The second kappa shape index (κ2) is 47.4. The van der Waals surface area contributed by atoms with E-state index >= 15 is 0 Å². The standard InChI is InChI=1S/C61H106O14/c1-3-5-7-9-11-13-15-17-19-20-21-22-23-24-25-26-27-28-29-31-33-35-37-39-41-43-45-70-47-50(73-53(63)44-42-40-38-36-34-32-30-18-16-14-12-10-8-6-4-2)48-71-60-59(69)57(67)55(65)52(75-60)49-72-61-58(68)56(66)54(64)51(46-62)74-61/h6,8,12,14-15,17-18,20-21,30,34,36,50-52,54-62,64-69H,3-5,7,9-11,13,16,19,22-29,31-33,35,37-49H2,1-2H3/b8-6-,14-12-,17-15-,21-20-,30-18-,36-34-. The number of esters is 1. The molecule has 0 aromatic carbocycles. The molecule has 0 saturated carbocycles. The van der Waals surface area contributed by atoms with Crippen LogP contribution in [0, 0.1) is 0 Å². The zero-order valence-corrected chi connectivity index (χ0v) is 46.5. The summed E-state index contributed by atoms with van der Waals surface area (Å²) in [4.78, 5) is 13.0. The number of allylic oxidation sites excluding steroid dienone is 12. The SMILES string of the molecule is CC/C=C\C/C=C\C/C=C\C/C=C\CCCCC(=O)OC(COCCCCCCCCCCCCCCCC/C=C\C/C=C\CCCCCCC)COC1OC(COC2OC(CO)C(O)C(O)C2O)C(O)C(O)C1O. The summed E-state index contributed by atoms with van der Waals surface area (Å²) in [6.07, 6.45) is 44.1. The number of ether oxygens (including phenoxy) is 6. The van der Waals surface area contributed by atoms with Crippen LogP contribution in [-0.2, 0) is 33.2 Å². The smallest absolute Gasteiger partial charge is 0.306 e. The number of carbonyl (C=O) groups is 1. The molecule has 0 spiro atoms. The number of unbranched alkanes of at least 4 members (excludes halogenated alkanes) is 21. The molecule has 14 nitrogen and oxygen atoms in total. The van der Waals surface area contributed by atoms with Crippen molar-refractivity contribution in [1.29, 1.82) is 0 Å². The predicted molar refractivity (Wildman–Crippen MR) is 298 cm³/mol. The zero-order valence-electron chi connectivity index (χ0n) is 46.5. The first-order chi connectivity index (χ1) is 36.6. The van der Waals surface area contributed by atoms with Crippen LogP contribution < -0.4 is 0 Å². The Morgan fingerprint density at radius 1 is 0.453 bits per heavy atom. The fourth-order valence-electron chi connectivity index (χ4n) is 8.95. The molecule has 0 aromatic heterocycles. The lowest BCUT2D eigenvalue weighted by molar-refractivity contribution is -0.332. The molecule has 2 rings (SSSR count). The molecule has 434 valence electrons. The number of rotatable bonds is 47. The zero-order chi connectivity index (χ0) is 54.4. The highest BCUT2D eigenvalue weighted by Gasteiger charge is 2.47. The van der Waals surface area contributed by atoms with Crippen molar-refractivity contribution in [2.75, 3.05) is 33.0 Å². The first kappa shape index (κ1) is 68.5. The summed E-state index contributed by atoms with van der Waals surface area (Å²) in [7, 11) is 0. The van der Waals surface area contributed by atoms with Gasteiger partial charge in [0.25, 0.3) is 0 Å².